The molecular weight excluding hydrogens is 545 g/mol. The minimum absolute atomic E-state index is 0.191. The van der Waals surface area contributed by atoms with Crippen molar-refractivity contribution in [2.24, 2.45) is 4.99 Å². The second kappa shape index (κ2) is 13.2. The Morgan fingerprint density at radius 3 is 2.46 bits per heavy atom. The van der Waals surface area contributed by atoms with Crippen molar-refractivity contribution in [1.82, 2.24) is 5.32 Å². The zero-order valence-electron chi connectivity index (χ0n) is 21.1. The number of hydrogen-bond acceptors (Lipinski definition) is 7. The number of carbonyl (C=O) groups excluding carboxylic acids is 2. The first-order valence-electron chi connectivity index (χ1n) is 12.0. The molecule has 1 saturated heterocycles. The molecule has 2 amide bonds. The summed E-state index contributed by atoms with van der Waals surface area (Å²) in [5, 5.41) is 6.02. The van der Waals surface area contributed by atoms with Crippen LogP contribution in [0.1, 0.15) is 19.4 Å². The number of rotatable bonds is 10. The van der Waals surface area contributed by atoms with Crippen LogP contribution in [-0.2, 0) is 9.59 Å². The molecule has 202 valence electrons. The molecular formula is C28H25ClFN3O5S. The summed E-state index contributed by atoms with van der Waals surface area (Å²) in [6, 6.07) is 15.9. The van der Waals surface area contributed by atoms with Gasteiger partial charge in [-0.1, -0.05) is 11.6 Å². The van der Waals surface area contributed by atoms with Crippen LogP contribution in [0.4, 0.5) is 15.8 Å². The first-order chi connectivity index (χ1) is 18.8. The van der Waals surface area contributed by atoms with Gasteiger partial charge in [-0.05, 0) is 97.9 Å². The molecule has 3 aromatic carbocycles. The number of amides is 2. The number of nitrogens with one attached hydrogen (secondary N) is 2. The first kappa shape index (κ1) is 28.0. The van der Waals surface area contributed by atoms with E-state index in [1.54, 1.807) is 37.3 Å². The van der Waals surface area contributed by atoms with E-state index in [1.807, 2.05) is 19.1 Å². The van der Waals surface area contributed by atoms with Gasteiger partial charge in [0.05, 0.1) is 28.8 Å². The van der Waals surface area contributed by atoms with E-state index in [0.717, 1.165) is 5.75 Å². The molecule has 4 rings (SSSR count). The lowest BCUT2D eigenvalue weighted by Crippen LogP contribution is -2.20. The maximum atomic E-state index is 13.1. The Kier molecular flexibility index (Phi) is 9.45. The van der Waals surface area contributed by atoms with Gasteiger partial charge in [0.1, 0.15) is 11.6 Å². The Morgan fingerprint density at radius 2 is 1.77 bits per heavy atom. The van der Waals surface area contributed by atoms with Gasteiger partial charge in [-0.2, -0.15) is 0 Å². The molecule has 39 heavy (non-hydrogen) atoms. The van der Waals surface area contributed by atoms with E-state index < -0.39 is 11.7 Å². The predicted molar refractivity (Wildman–Crippen MR) is 152 cm³/mol. The third-order valence-corrected chi connectivity index (χ3v) is 6.32. The molecule has 0 bridgehead atoms. The fraction of sp³-hybridized carbons (Fsp3) is 0.179. The van der Waals surface area contributed by atoms with Gasteiger partial charge in [0.2, 0.25) is 0 Å². The second-order valence-electron chi connectivity index (χ2n) is 8.02. The van der Waals surface area contributed by atoms with Crippen LogP contribution in [0, 0.1) is 5.82 Å². The van der Waals surface area contributed by atoms with Gasteiger partial charge < -0.3 is 24.8 Å². The molecule has 0 radical (unpaired) electrons. The molecule has 1 heterocycles. The van der Waals surface area contributed by atoms with Crippen molar-refractivity contribution < 1.29 is 28.2 Å². The van der Waals surface area contributed by atoms with Crippen LogP contribution < -0.4 is 24.8 Å². The van der Waals surface area contributed by atoms with Crippen LogP contribution in [0.15, 0.2) is 70.6 Å². The molecule has 0 spiro atoms. The highest BCUT2D eigenvalue weighted by molar-refractivity contribution is 8.18. The number of aliphatic imine (C=N–C) groups is 1. The fourth-order valence-corrected chi connectivity index (χ4v) is 4.59. The normalized spacial score (nSPS) is 14.8. The monoisotopic (exact) mass is 569 g/mol. The molecule has 1 aliphatic heterocycles. The second-order valence-corrected chi connectivity index (χ2v) is 9.45. The third kappa shape index (κ3) is 7.75. The summed E-state index contributed by atoms with van der Waals surface area (Å²) in [6.45, 7) is 4.26. The van der Waals surface area contributed by atoms with E-state index >= 15 is 0 Å². The van der Waals surface area contributed by atoms with Crippen molar-refractivity contribution in [1.29, 1.82) is 0 Å². The highest BCUT2D eigenvalue weighted by atomic mass is 35.5. The number of anilines is 1. The van der Waals surface area contributed by atoms with Crippen molar-refractivity contribution in [3.05, 3.63) is 82.0 Å². The van der Waals surface area contributed by atoms with Crippen LogP contribution in [0.25, 0.3) is 6.08 Å². The summed E-state index contributed by atoms with van der Waals surface area (Å²) in [7, 11) is 0. The van der Waals surface area contributed by atoms with Gasteiger partial charge in [0.25, 0.3) is 11.8 Å². The maximum Gasteiger partial charge on any atom is 0.264 e. The van der Waals surface area contributed by atoms with E-state index in [1.165, 1.54) is 36.0 Å². The molecule has 0 saturated carbocycles. The summed E-state index contributed by atoms with van der Waals surface area (Å²) in [6.07, 6.45) is 1.67. The quantitative estimate of drug-likeness (QED) is 0.283. The molecule has 2 N–H and O–H groups in total. The van der Waals surface area contributed by atoms with Crippen molar-refractivity contribution in [3.8, 4) is 17.2 Å². The minimum atomic E-state index is -0.454. The minimum Gasteiger partial charge on any atom is -0.494 e. The highest BCUT2D eigenvalue weighted by Gasteiger charge is 2.24. The first-order valence-corrected chi connectivity index (χ1v) is 13.2. The van der Waals surface area contributed by atoms with Crippen molar-refractivity contribution in [2.75, 3.05) is 25.1 Å². The lowest BCUT2D eigenvalue weighted by molar-refractivity contribution is -0.118. The summed E-state index contributed by atoms with van der Waals surface area (Å²) in [5.74, 6) is 0.0979. The molecule has 0 aliphatic carbocycles. The number of ether oxygens (including phenoxy) is 3. The SMILES string of the molecule is CCOc1ccc(N=C2NC(=O)/C(=C\c3cc(Cl)c(OCC(=O)Nc4ccc(F)cc4)c(OCC)c3)S2)cc1. The van der Waals surface area contributed by atoms with E-state index in [4.69, 9.17) is 25.8 Å². The maximum absolute atomic E-state index is 13.1. The standard InChI is InChI=1S/C28H25ClFN3O5S/c1-3-36-21-11-9-20(10-12-21)32-28-33-27(35)24(39-28)15-17-13-22(29)26(23(14-17)37-4-2)38-16-25(34)31-19-7-5-18(30)6-8-19/h5-15H,3-4,16H2,1-2H3,(H,31,34)(H,32,33,35)/b24-15+. The van der Waals surface area contributed by atoms with Crippen LogP contribution in [0.5, 0.6) is 17.2 Å². The zero-order valence-corrected chi connectivity index (χ0v) is 22.7. The highest BCUT2D eigenvalue weighted by Crippen LogP contribution is 2.38. The zero-order chi connectivity index (χ0) is 27.8. The molecule has 0 atom stereocenters. The number of amidine groups is 1. The Morgan fingerprint density at radius 1 is 1.05 bits per heavy atom. The Hall–Kier alpha value is -4.02. The Balaban J connectivity index is 1.46. The average Bonchev–Trinajstić information content (AvgIpc) is 3.24. The van der Waals surface area contributed by atoms with E-state index in [9.17, 15) is 14.0 Å². The van der Waals surface area contributed by atoms with Gasteiger partial charge >= 0.3 is 0 Å². The molecule has 3 aromatic rings. The number of benzene rings is 3. The summed E-state index contributed by atoms with van der Waals surface area (Å²) < 4.78 is 29.9. The molecule has 0 unspecified atom stereocenters. The van der Waals surface area contributed by atoms with Crippen LogP contribution in [0.3, 0.4) is 0 Å². The molecule has 1 aliphatic rings. The van der Waals surface area contributed by atoms with E-state index in [-0.39, 0.29) is 23.3 Å². The number of halogens is 2. The van der Waals surface area contributed by atoms with Crippen LogP contribution in [-0.4, -0.2) is 36.8 Å². The van der Waals surface area contributed by atoms with Crippen LogP contribution in [0.2, 0.25) is 5.02 Å². The van der Waals surface area contributed by atoms with Crippen molar-refractivity contribution >= 4 is 57.8 Å². The predicted octanol–water partition coefficient (Wildman–Crippen LogP) is 6.19. The number of thioether (sulfide) groups is 1. The molecule has 8 nitrogen and oxygen atoms in total. The summed E-state index contributed by atoms with van der Waals surface area (Å²) in [5.41, 5.74) is 1.71. The molecule has 0 aromatic heterocycles. The Bertz CT molecular complexity index is 1410. The van der Waals surface area contributed by atoms with Gasteiger partial charge in [0.15, 0.2) is 23.3 Å². The van der Waals surface area contributed by atoms with Crippen molar-refractivity contribution in [2.45, 2.75) is 13.8 Å². The van der Waals surface area contributed by atoms with Crippen molar-refractivity contribution in [3.63, 3.8) is 0 Å². The van der Waals surface area contributed by atoms with Gasteiger partial charge in [0, 0.05) is 5.69 Å². The van der Waals surface area contributed by atoms with E-state index in [0.29, 0.717) is 46.0 Å². The molecule has 1 fully saturated rings. The van der Waals surface area contributed by atoms with Crippen LogP contribution >= 0.6 is 23.4 Å². The van der Waals surface area contributed by atoms with Gasteiger partial charge in [-0.3, -0.25) is 9.59 Å². The lowest BCUT2D eigenvalue weighted by atomic mass is 10.2. The Labute approximate surface area is 234 Å². The van der Waals surface area contributed by atoms with Gasteiger partial charge in [-0.25, -0.2) is 9.38 Å². The largest absolute Gasteiger partial charge is 0.494 e. The lowest BCUT2D eigenvalue weighted by Gasteiger charge is -2.14. The number of hydrogen-bond donors (Lipinski definition) is 2. The smallest absolute Gasteiger partial charge is 0.264 e. The summed E-state index contributed by atoms with van der Waals surface area (Å²) >= 11 is 7.67. The summed E-state index contributed by atoms with van der Waals surface area (Å²) in [4.78, 5) is 29.8. The van der Waals surface area contributed by atoms with Gasteiger partial charge in [-0.15, -0.1) is 0 Å². The topological polar surface area (TPSA) is 98.3 Å². The fourth-order valence-electron chi connectivity index (χ4n) is 3.48. The number of nitrogens with zero attached hydrogens (tertiary/aromatic N) is 1. The third-order valence-electron chi connectivity index (χ3n) is 5.13. The average molecular weight is 570 g/mol. The number of carbonyl (C=O) groups is 2. The molecule has 11 heteroatoms. The van der Waals surface area contributed by atoms with E-state index in [2.05, 4.69) is 15.6 Å².